The fourth-order valence-corrected chi connectivity index (χ4v) is 1.66. The van der Waals surface area contributed by atoms with E-state index in [4.69, 9.17) is 0 Å². The molecule has 13 heavy (non-hydrogen) atoms. The third-order valence-corrected chi connectivity index (χ3v) is 2.23. The number of nitrogens with zero attached hydrogens (tertiary/aromatic N) is 2. The molecule has 1 N–H and O–H groups in total. The van der Waals surface area contributed by atoms with Gasteiger partial charge < -0.3 is 5.32 Å². The van der Waals surface area contributed by atoms with Crippen LogP contribution in [0.5, 0.6) is 0 Å². The maximum Gasteiger partial charge on any atom is 0.222 e. The summed E-state index contributed by atoms with van der Waals surface area (Å²) in [6, 6.07) is 3.58. The topological polar surface area (TPSA) is 54.9 Å². The molecule has 0 radical (unpaired) electrons. The Morgan fingerprint density at radius 1 is 1.54 bits per heavy atom. The predicted octanol–water partition coefficient (Wildman–Crippen LogP) is 1.65. The monoisotopic (exact) mass is 193 g/mol. The van der Waals surface area contributed by atoms with Crippen LogP contribution in [0.3, 0.4) is 0 Å². The smallest absolute Gasteiger partial charge is 0.222 e. The number of thiazole rings is 1. The van der Waals surface area contributed by atoms with E-state index in [1.165, 1.54) is 18.3 Å². The van der Waals surface area contributed by atoms with Crippen molar-refractivity contribution >= 4 is 33.4 Å². The third kappa shape index (κ3) is 1.65. The van der Waals surface area contributed by atoms with Gasteiger partial charge in [-0.15, -0.1) is 11.3 Å². The molecular formula is C8H7N3OS. The van der Waals surface area contributed by atoms with Crippen molar-refractivity contribution in [3.8, 4) is 0 Å². The molecule has 66 valence electrons. The first-order valence-electron chi connectivity index (χ1n) is 3.73. The zero-order valence-corrected chi connectivity index (χ0v) is 7.76. The quantitative estimate of drug-likeness (QED) is 0.749. The van der Waals surface area contributed by atoms with Crippen molar-refractivity contribution in [2.24, 2.45) is 0 Å². The molecule has 0 unspecified atom stereocenters. The summed E-state index contributed by atoms with van der Waals surface area (Å²) < 4.78 is 0. The van der Waals surface area contributed by atoms with Gasteiger partial charge in [0.25, 0.3) is 0 Å². The normalized spacial score (nSPS) is 10.2. The lowest BCUT2D eigenvalue weighted by atomic mass is 10.4. The first-order chi connectivity index (χ1) is 6.25. The number of fused-ring (bicyclic) bond motifs is 1. The lowest BCUT2D eigenvalue weighted by molar-refractivity contribution is -0.114. The molecule has 2 rings (SSSR count). The van der Waals surface area contributed by atoms with E-state index in [0.717, 1.165) is 10.3 Å². The second-order valence-electron chi connectivity index (χ2n) is 2.55. The summed E-state index contributed by atoms with van der Waals surface area (Å²) in [6.07, 6.45) is 0. The zero-order chi connectivity index (χ0) is 9.26. The van der Waals surface area contributed by atoms with Crippen molar-refractivity contribution in [1.29, 1.82) is 0 Å². The molecule has 0 saturated carbocycles. The van der Waals surface area contributed by atoms with Gasteiger partial charge in [0.05, 0.1) is 5.51 Å². The molecule has 0 spiro atoms. The minimum atomic E-state index is -0.114. The van der Waals surface area contributed by atoms with Crippen molar-refractivity contribution in [2.45, 2.75) is 6.92 Å². The van der Waals surface area contributed by atoms with Gasteiger partial charge in [0.2, 0.25) is 5.91 Å². The van der Waals surface area contributed by atoms with Crippen LogP contribution in [0.15, 0.2) is 17.6 Å². The molecule has 0 atom stereocenters. The number of aromatic nitrogens is 2. The van der Waals surface area contributed by atoms with Crippen molar-refractivity contribution in [1.82, 2.24) is 9.97 Å². The number of pyridine rings is 1. The highest BCUT2D eigenvalue weighted by atomic mass is 32.1. The van der Waals surface area contributed by atoms with Crippen LogP contribution in [-0.4, -0.2) is 15.9 Å². The molecule has 4 nitrogen and oxygen atoms in total. The summed E-state index contributed by atoms with van der Waals surface area (Å²) in [7, 11) is 0. The Labute approximate surface area is 78.6 Å². The SMILES string of the molecule is CC(=O)Nc1ccc2ncsc2n1. The Bertz CT molecular complexity index is 451. The second-order valence-corrected chi connectivity index (χ2v) is 3.39. The maximum absolute atomic E-state index is 10.7. The Morgan fingerprint density at radius 3 is 3.15 bits per heavy atom. The van der Waals surface area contributed by atoms with E-state index >= 15 is 0 Å². The summed E-state index contributed by atoms with van der Waals surface area (Å²) >= 11 is 1.46. The highest BCUT2D eigenvalue weighted by Crippen LogP contribution is 2.17. The molecule has 0 bridgehead atoms. The maximum atomic E-state index is 10.7. The van der Waals surface area contributed by atoms with Crippen LogP contribution in [0.4, 0.5) is 5.82 Å². The summed E-state index contributed by atoms with van der Waals surface area (Å²) in [6.45, 7) is 1.46. The van der Waals surface area contributed by atoms with Crippen LogP contribution in [-0.2, 0) is 4.79 Å². The molecule has 0 aliphatic rings. The minimum absolute atomic E-state index is 0.114. The van der Waals surface area contributed by atoms with Crippen molar-refractivity contribution in [3.63, 3.8) is 0 Å². The fraction of sp³-hybridized carbons (Fsp3) is 0.125. The van der Waals surface area contributed by atoms with Crippen LogP contribution in [0, 0.1) is 0 Å². The van der Waals surface area contributed by atoms with Crippen LogP contribution in [0.25, 0.3) is 10.3 Å². The van der Waals surface area contributed by atoms with Gasteiger partial charge in [0.15, 0.2) is 0 Å². The Hall–Kier alpha value is -1.49. The number of carbonyl (C=O) groups excluding carboxylic acids is 1. The molecule has 5 heteroatoms. The highest BCUT2D eigenvalue weighted by molar-refractivity contribution is 7.16. The van der Waals surface area contributed by atoms with E-state index in [1.54, 1.807) is 11.6 Å². The summed E-state index contributed by atoms with van der Waals surface area (Å²) in [4.78, 5) is 19.8. The first-order valence-corrected chi connectivity index (χ1v) is 4.61. The molecule has 0 saturated heterocycles. The van der Waals surface area contributed by atoms with Crippen LogP contribution < -0.4 is 5.32 Å². The molecule has 2 aromatic heterocycles. The molecule has 1 amide bonds. The molecule has 0 aromatic carbocycles. The Balaban J connectivity index is 2.42. The number of carbonyl (C=O) groups is 1. The number of anilines is 1. The molecule has 0 aliphatic carbocycles. The lowest BCUT2D eigenvalue weighted by Gasteiger charge is -1.98. The Morgan fingerprint density at radius 2 is 2.38 bits per heavy atom. The largest absolute Gasteiger partial charge is 0.311 e. The molecule has 0 fully saturated rings. The standard InChI is InChI=1S/C8H7N3OS/c1-5(12)10-7-3-2-6-8(11-7)13-4-9-6/h2-4H,1H3,(H,10,11,12). The number of hydrogen-bond acceptors (Lipinski definition) is 4. The molecule has 2 heterocycles. The van der Waals surface area contributed by atoms with Gasteiger partial charge in [-0.05, 0) is 12.1 Å². The minimum Gasteiger partial charge on any atom is -0.311 e. The highest BCUT2D eigenvalue weighted by Gasteiger charge is 2.00. The van der Waals surface area contributed by atoms with Gasteiger partial charge in [-0.1, -0.05) is 0 Å². The van der Waals surface area contributed by atoms with Gasteiger partial charge >= 0.3 is 0 Å². The van der Waals surface area contributed by atoms with E-state index in [9.17, 15) is 4.79 Å². The number of hydrogen-bond donors (Lipinski definition) is 1. The van der Waals surface area contributed by atoms with Crippen LogP contribution in [0.1, 0.15) is 6.92 Å². The summed E-state index contributed by atoms with van der Waals surface area (Å²) in [5, 5.41) is 2.62. The van der Waals surface area contributed by atoms with Gasteiger partial charge in [0.1, 0.15) is 16.2 Å². The van der Waals surface area contributed by atoms with Gasteiger partial charge in [-0.2, -0.15) is 0 Å². The van der Waals surface area contributed by atoms with Crippen molar-refractivity contribution < 1.29 is 4.79 Å². The fourth-order valence-electron chi connectivity index (χ4n) is 1.00. The van der Waals surface area contributed by atoms with Crippen LogP contribution in [0.2, 0.25) is 0 Å². The molecule has 2 aromatic rings. The van der Waals surface area contributed by atoms with Crippen molar-refractivity contribution in [3.05, 3.63) is 17.6 Å². The first kappa shape index (κ1) is 8.12. The Kier molecular flexibility index (Phi) is 1.94. The predicted molar refractivity (Wildman–Crippen MR) is 51.7 cm³/mol. The lowest BCUT2D eigenvalue weighted by Crippen LogP contribution is -2.06. The van der Waals surface area contributed by atoms with E-state index in [1.807, 2.05) is 6.07 Å². The number of rotatable bonds is 1. The van der Waals surface area contributed by atoms with Crippen LogP contribution >= 0.6 is 11.3 Å². The van der Waals surface area contributed by atoms with Crippen molar-refractivity contribution in [2.75, 3.05) is 5.32 Å². The average molecular weight is 193 g/mol. The van der Waals surface area contributed by atoms with Gasteiger partial charge in [-0.25, -0.2) is 9.97 Å². The summed E-state index contributed by atoms with van der Waals surface area (Å²) in [5.74, 6) is 0.459. The van der Waals surface area contributed by atoms with E-state index in [-0.39, 0.29) is 5.91 Å². The average Bonchev–Trinajstić information content (AvgIpc) is 2.49. The van der Waals surface area contributed by atoms with Gasteiger partial charge in [0, 0.05) is 6.92 Å². The van der Waals surface area contributed by atoms with E-state index < -0.39 is 0 Å². The summed E-state index contributed by atoms with van der Waals surface area (Å²) in [5.41, 5.74) is 2.59. The molecular weight excluding hydrogens is 186 g/mol. The molecule has 0 aliphatic heterocycles. The van der Waals surface area contributed by atoms with Gasteiger partial charge in [-0.3, -0.25) is 4.79 Å². The van der Waals surface area contributed by atoms with E-state index in [0.29, 0.717) is 5.82 Å². The number of amides is 1. The third-order valence-electron chi connectivity index (χ3n) is 1.50. The second kappa shape index (κ2) is 3.10. The zero-order valence-electron chi connectivity index (χ0n) is 6.94. The van der Waals surface area contributed by atoms with E-state index in [2.05, 4.69) is 15.3 Å². The number of nitrogens with one attached hydrogen (secondary N) is 1.